The Kier molecular flexibility index (Phi) is 7.08. The molecule has 170 valence electrons. The molecule has 2 atom stereocenters. The molecule has 2 fully saturated rings. The van der Waals surface area contributed by atoms with Crippen LogP contribution in [0.2, 0.25) is 0 Å². The number of nitrogens with zero attached hydrogens (tertiary/aromatic N) is 3. The molecule has 0 saturated carbocycles. The summed E-state index contributed by atoms with van der Waals surface area (Å²) < 4.78 is 6.12. The van der Waals surface area contributed by atoms with Crippen molar-refractivity contribution in [3.8, 4) is 5.75 Å². The first-order valence-corrected chi connectivity index (χ1v) is 11.7. The molecule has 2 aromatic rings. The largest absolute Gasteiger partial charge is 0.493 e. The molecule has 6 nitrogen and oxygen atoms in total. The van der Waals surface area contributed by atoms with Crippen LogP contribution < -0.4 is 4.74 Å². The third kappa shape index (κ3) is 5.12. The van der Waals surface area contributed by atoms with Gasteiger partial charge in [0.25, 0.3) is 5.91 Å². The van der Waals surface area contributed by atoms with Crippen molar-refractivity contribution in [2.75, 3.05) is 32.8 Å². The quantitative estimate of drug-likeness (QED) is 0.693. The van der Waals surface area contributed by atoms with Crippen molar-refractivity contribution in [1.29, 1.82) is 0 Å². The van der Waals surface area contributed by atoms with E-state index in [1.165, 1.54) is 0 Å². The Hall–Kier alpha value is -2.89. The topological polar surface area (TPSA) is 62.7 Å². The summed E-state index contributed by atoms with van der Waals surface area (Å²) in [7, 11) is 0. The van der Waals surface area contributed by atoms with E-state index in [4.69, 9.17) is 4.74 Å². The van der Waals surface area contributed by atoms with Crippen molar-refractivity contribution in [2.24, 2.45) is 23.7 Å². The standard InChI is InChI=1S/C26H33N3O3/c1-19(2)25(30)28-14-10-20(11-15-28)24-17-29(26(31)21-8-12-27-13-9-21)16-22(24)18-32-23-6-4-3-5-7-23/h3-9,12-13,19-20,22,24H,10-11,14-18H2,1-2H3. The number of likely N-dealkylation sites (tertiary alicyclic amines) is 2. The maximum Gasteiger partial charge on any atom is 0.253 e. The van der Waals surface area contributed by atoms with E-state index in [2.05, 4.69) is 4.98 Å². The van der Waals surface area contributed by atoms with E-state index in [1.807, 2.05) is 54.0 Å². The minimum atomic E-state index is 0.0403. The number of para-hydroxylation sites is 1. The normalized spacial score (nSPS) is 21.7. The van der Waals surface area contributed by atoms with E-state index in [-0.39, 0.29) is 23.7 Å². The number of hydrogen-bond acceptors (Lipinski definition) is 4. The molecule has 1 aromatic carbocycles. The maximum atomic E-state index is 13.1. The Morgan fingerprint density at radius 3 is 2.34 bits per heavy atom. The Balaban J connectivity index is 1.44. The van der Waals surface area contributed by atoms with Crippen LogP contribution in [0.1, 0.15) is 37.0 Å². The first-order valence-electron chi connectivity index (χ1n) is 11.7. The molecule has 0 spiro atoms. The molecule has 2 aliphatic rings. The smallest absolute Gasteiger partial charge is 0.253 e. The highest BCUT2D eigenvalue weighted by Gasteiger charge is 2.41. The molecular formula is C26H33N3O3. The lowest BCUT2D eigenvalue weighted by Gasteiger charge is -2.37. The van der Waals surface area contributed by atoms with Crippen LogP contribution in [0.5, 0.6) is 5.75 Å². The van der Waals surface area contributed by atoms with Crippen LogP contribution in [0.25, 0.3) is 0 Å². The number of hydrogen-bond donors (Lipinski definition) is 0. The monoisotopic (exact) mass is 435 g/mol. The molecule has 0 radical (unpaired) electrons. The number of rotatable bonds is 6. The number of carbonyl (C=O) groups excluding carboxylic acids is 2. The minimum absolute atomic E-state index is 0.0403. The van der Waals surface area contributed by atoms with Crippen molar-refractivity contribution in [3.05, 3.63) is 60.4 Å². The van der Waals surface area contributed by atoms with Crippen LogP contribution in [0, 0.1) is 23.7 Å². The average molecular weight is 436 g/mol. The fourth-order valence-corrected chi connectivity index (χ4v) is 5.08. The van der Waals surface area contributed by atoms with Gasteiger partial charge in [0.2, 0.25) is 5.91 Å². The average Bonchev–Trinajstić information content (AvgIpc) is 3.27. The van der Waals surface area contributed by atoms with E-state index in [0.29, 0.717) is 30.6 Å². The van der Waals surface area contributed by atoms with Gasteiger partial charge in [-0.25, -0.2) is 0 Å². The van der Waals surface area contributed by atoms with Crippen LogP contribution >= 0.6 is 0 Å². The van der Waals surface area contributed by atoms with Crippen LogP contribution in [-0.4, -0.2) is 59.4 Å². The summed E-state index contributed by atoms with van der Waals surface area (Å²) in [6.45, 7) is 7.58. The zero-order chi connectivity index (χ0) is 22.5. The zero-order valence-corrected chi connectivity index (χ0v) is 19.0. The highest BCUT2D eigenvalue weighted by atomic mass is 16.5. The number of carbonyl (C=O) groups is 2. The molecule has 2 unspecified atom stereocenters. The van der Waals surface area contributed by atoms with Gasteiger partial charge in [-0.05, 0) is 48.9 Å². The van der Waals surface area contributed by atoms with Gasteiger partial charge in [0.1, 0.15) is 5.75 Å². The summed E-state index contributed by atoms with van der Waals surface area (Å²) in [5, 5.41) is 0. The van der Waals surface area contributed by atoms with Gasteiger partial charge in [-0.3, -0.25) is 14.6 Å². The number of pyridine rings is 1. The van der Waals surface area contributed by atoms with Crippen molar-refractivity contribution in [3.63, 3.8) is 0 Å². The molecule has 3 heterocycles. The summed E-state index contributed by atoms with van der Waals surface area (Å²) >= 11 is 0. The van der Waals surface area contributed by atoms with E-state index < -0.39 is 0 Å². The number of ether oxygens (including phenoxy) is 1. The van der Waals surface area contributed by atoms with E-state index in [1.54, 1.807) is 24.5 Å². The second-order valence-corrected chi connectivity index (χ2v) is 9.31. The van der Waals surface area contributed by atoms with Crippen molar-refractivity contribution in [1.82, 2.24) is 14.8 Å². The van der Waals surface area contributed by atoms with Gasteiger partial charge < -0.3 is 14.5 Å². The third-order valence-electron chi connectivity index (χ3n) is 6.86. The van der Waals surface area contributed by atoms with Gasteiger partial charge in [-0.2, -0.15) is 0 Å². The second kappa shape index (κ2) is 10.2. The molecule has 2 aliphatic heterocycles. The number of aromatic nitrogens is 1. The zero-order valence-electron chi connectivity index (χ0n) is 19.0. The van der Waals surface area contributed by atoms with Gasteiger partial charge in [-0.15, -0.1) is 0 Å². The van der Waals surface area contributed by atoms with Crippen LogP contribution in [0.3, 0.4) is 0 Å². The van der Waals surface area contributed by atoms with Crippen LogP contribution in [-0.2, 0) is 4.79 Å². The Bertz CT molecular complexity index is 895. The lowest BCUT2D eigenvalue weighted by atomic mass is 9.78. The summed E-state index contributed by atoms with van der Waals surface area (Å²) in [6, 6.07) is 13.4. The van der Waals surface area contributed by atoms with E-state index in [9.17, 15) is 9.59 Å². The Morgan fingerprint density at radius 1 is 1.00 bits per heavy atom. The SMILES string of the molecule is CC(C)C(=O)N1CCC(C2CN(C(=O)c3ccncc3)CC2COc2ccccc2)CC1. The maximum absolute atomic E-state index is 13.1. The van der Waals surface area contributed by atoms with Crippen molar-refractivity contribution >= 4 is 11.8 Å². The second-order valence-electron chi connectivity index (χ2n) is 9.31. The fraction of sp³-hybridized carbons (Fsp3) is 0.500. The molecule has 6 heteroatoms. The summed E-state index contributed by atoms with van der Waals surface area (Å²) in [5.74, 6) is 2.35. The number of piperidine rings is 1. The molecular weight excluding hydrogens is 402 g/mol. The summed E-state index contributed by atoms with van der Waals surface area (Å²) in [4.78, 5) is 33.5. The van der Waals surface area contributed by atoms with Gasteiger partial charge in [0, 0.05) is 56.0 Å². The lowest BCUT2D eigenvalue weighted by molar-refractivity contribution is -0.136. The van der Waals surface area contributed by atoms with E-state index >= 15 is 0 Å². The molecule has 2 saturated heterocycles. The predicted molar refractivity (Wildman–Crippen MR) is 123 cm³/mol. The van der Waals surface area contributed by atoms with Gasteiger partial charge in [0.15, 0.2) is 0 Å². The van der Waals surface area contributed by atoms with Gasteiger partial charge in [-0.1, -0.05) is 32.0 Å². The molecule has 2 amide bonds. The molecule has 1 aromatic heterocycles. The number of amides is 2. The molecule has 32 heavy (non-hydrogen) atoms. The molecule has 4 rings (SSSR count). The summed E-state index contributed by atoms with van der Waals surface area (Å²) in [6.07, 6.45) is 5.31. The predicted octanol–water partition coefficient (Wildman–Crippen LogP) is 3.74. The first-order chi connectivity index (χ1) is 15.5. The van der Waals surface area contributed by atoms with Crippen molar-refractivity contribution in [2.45, 2.75) is 26.7 Å². The summed E-state index contributed by atoms with van der Waals surface area (Å²) in [5.41, 5.74) is 0.681. The Labute approximate surface area is 190 Å². The fourth-order valence-electron chi connectivity index (χ4n) is 5.08. The van der Waals surface area contributed by atoms with Gasteiger partial charge >= 0.3 is 0 Å². The van der Waals surface area contributed by atoms with Crippen molar-refractivity contribution < 1.29 is 14.3 Å². The van der Waals surface area contributed by atoms with Gasteiger partial charge in [0.05, 0.1) is 6.61 Å². The molecule has 0 aliphatic carbocycles. The highest BCUT2D eigenvalue weighted by Crippen LogP contribution is 2.37. The molecule has 0 bridgehead atoms. The third-order valence-corrected chi connectivity index (χ3v) is 6.86. The molecule has 0 N–H and O–H groups in total. The highest BCUT2D eigenvalue weighted by molar-refractivity contribution is 5.94. The Morgan fingerprint density at radius 2 is 1.69 bits per heavy atom. The lowest BCUT2D eigenvalue weighted by Crippen LogP contribution is -2.43. The van der Waals surface area contributed by atoms with E-state index in [0.717, 1.165) is 38.2 Å². The first kappa shape index (κ1) is 22.3. The van der Waals surface area contributed by atoms with Crippen LogP contribution in [0.4, 0.5) is 0 Å². The van der Waals surface area contributed by atoms with Crippen LogP contribution in [0.15, 0.2) is 54.9 Å². The number of benzene rings is 1. The minimum Gasteiger partial charge on any atom is -0.493 e.